The summed E-state index contributed by atoms with van der Waals surface area (Å²) in [6, 6.07) is 10.6. The van der Waals surface area contributed by atoms with E-state index in [4.69, 9.17) is 17.0 Å². The quantitative estimate of drug-likeness (QED) is 0.670. The van der Waals surface area contributed by atoms with Crippen LogP contribution in [0, 0.1) is 0 Å². The highest BCUT2D eigenvalue weighted by molar-refractivity contribution is 7.80. The number of benzene rings is 2. The molecule has 2 aromatic rings. The highest BCUT2D eigenvalue weighted by Crippen LogP contribution is 2.24. The van der Waals surface area contributed by atoms with Gasteiger partial charge in [-0.05, 0) is 35.3 Å². The number of carboxylic acid groups (broad SMARTS) is 1. The number of carbonyl (C=O) groups excluding carboxylic acids is 1. The first kappa shape index (κ1) is 14.9. The van der Waals surface area contributed by atoms with Crippen LogP contribution in [0.3, 0.4) is 0 Å². The largest absolute Gasteiger partial charge is 0.478 e. The van der Waals surface area contributed by atoms with E-state index in [1.165, 1.54) is 6.08 Å². The fourth-order valence-electron chi connectivity index (χ4n) is 2.36. The zero-order valence-corrected chi connectivity index (χ0v) is 12.6. The van der Waals surface area contributed by atoms with Crippen molar-refractivity contribution in [2.45, 2.75) is 0 Å². The monoisotopic (exact) mass is 325 g/mol. The van der Waals surface area contributed by atoms with Crippen LogP contribution in [0.2, 0.25) is 0 Å². The van der Waals surface area contributed by atoms with Crippen LogP contribution in [0.25, 0.3) is 16.8 Å². The number of nitrogens with one attached hydrogen (secondary N) is 1. The molecule has 0 radical (unpaired) electrons. The molecule has 1 amide bonds. The van der Waals surface area contributed by atoms with Crippen LogP contribution < -0.4 is 5.32 Å². The molecule has 0 aliphatic carbocycles. The maximum absolute atomic E-state index is 11.5. The molecule has 114 valence electrons. The van der Waals surface area contributed by atoms with Gasteiger partial charge in [-0.3, -0.25) is 10.1 Å². The molecule has 1 aliphatic heterocycles. The van der Waals surface area contributed by atoms with Crippen molar-refractivity contribution < 1.29 is 19.4 Å². The first-order valence-corrected chi connectivity index (χ1v) is 7.13. The standard InChI is InChI=1S/C17H11NO4S/c19-15-13(22-17(23)18-15)9-3-7-11-5-1-4-10-6-2-8-12(14(10)11)16(20)21/h1-9H,(H,20,21)(H,18,19,23). The maximum atomic E-state index is 11.5. The van der Waals surface area contributed by atoms with Gasteiger partial charge in [-0.1, -0.05) is 42.5 Å². The van der Waals surface area contributed by atoms with E-state index in [0.717, 1.165) is 10.9 Å². The Hall–Kier alpha value is -2.99. The van der Waals surface area contributed by atoms with Crippen LogP contribution in [-0.2, 0) is 9.53 Å². The van der Waals surface area contributed by atoms with E-state index >= 15 is 0 Å². The molecular formula is C17H11NO4S. The van der Waals surface area contributed by atoms with Crippen LogP contribution in [0.1, 0.15) is 15.9 Å². The zero-order valence-electron chi connectivity index (χ0n) is 11.8. The number of aromatic carboxylic acids is 1. The lowest BCUT2D eigenvalue weighted by Gasteiger charge is -2.06. The van der Waals surface area contributed by atoms with Crippen LogP contribution in [-0.4, -0.2) is 22.2 Å². The molecule has 1 saturated heterocycles. The van der Waals surface area contributed by atoms with Crippen molar-refractivity contribution in [3.05, 3.63) is 65.4 Å². The number of hydrogen-bond donors (Lipinski definition) is 2. The van der Waals surface area contributed by atoms with E-state index in [-0.39, 0.29) is 16.5 Å². The fourth-order valence-corrected chi connectivity index (χ4v) is 2.54. The third-order valence-electron chi connectivity index (χ3n) is 3.33. The van der Waals surface area contributed by atoms with E-state index in [0.29, 0.717) is 5.39 Å². The van der Waals surface area contributed by atoms with Crippen LogP contribution in [0.5, 0.6) is 0 Å². The molecule has 0 bridgehead atoms. The number of thiocarbonyl (C=S) groups is 1. The van der Waals surface area contributed by atoms with Gasteiger partial charge in [0, 0.05) is 5.39 Å². The number of ether oxygens (including phenoxy) is 1. The van der Waals surface area contributed by atoms with E-state index < -0.39 is 11.9 Å². The lowest BCUT2D eigenvalue weighted by molar-refractivity contribution is -0.116. The molecule has 2 N–H and O–H groups in total. The molecule has 6 heteroatoms. The molecule has 2 aromatic carbocycles. The second-order valence-corrected chi connectivity index (χ2v) is 5.16. The average molecular weight is 325 g/mol. The van der Waals surface area contributed by atoms with Crippen LogP contribution >= 0.6 is 12.2 Å². The van der Waals surface area contributed by atoms with Crippen molar-refractivity contribution in [3.63, 3.8) is 0 Å². The van der Waals surface area contributed by atoms with E-state index in [2.05, 4.69) is 5.32 Å². The molecule has 0 saturated carbocycles. The normalized spacial score (nSPS) is 16.1. The number of rotatable bonds is 3. The van der Waals surface area contributed by atoms with Gasteiger partial charge in [0.25, 0.3) is 11.1 Å². The van der Waals surface area contributed by atoms with Crippen molar-refractivity contribution >= 4 is 46.1 Å². The van der Waals surface area contributed by atoms with Crippen LogP contribution in [0.4, 0.5) is 0 Å². The predicted octanol–water partition coefficient (Wildman–Crippen LogP) is 2.87. The molecule has 0 atom stereocenters. The summed E-state index contributed by atoms with van der Waals surface area (Å²) in [7, 11) is 0. The Kier molecular flexibility index (Phi) is 3.91. The summed E-state index contributed by atoms with van der Waals surface area (Å²) in [6.07, 6.45) is 4.83. The molecule has 0 aromatic heterocycles. The Bertz CT molecular complexity index is 893. The van der Waals surface area contributed by atoms with Gasteiger partial charge in [0.1, 0.15) is 0 Å². The van der Waals surface area contributed by atoms with Crippen molar-refractivity contribution in [2.75, 3.05) is 0 Å². The Morgan fingerprint density at radius 1 is 1.22 bits per heavy atom. The maximum Gasteiger partial charge on any atom is 0.336 e. The minimum absolute atomic E-state index is 0.0213. The summed E-state index contributed by atoms with van der Waals surface area (Å²) in [5, 5.41) is 13.2. The van der Waals surface area contributed by atoms with Gasteiger partial charge in [0.15, 0.2) is 5.76 Å². The van der Waals surface area contributed by atoms with Crippen molar-refractivity contribution in [1.82, 2.24) is 5.32 Å². The average Bonchev–Trinajstić information content (AvgIpc) is 2.84. The smallest absolute Gasteiger partial charge is 0.336 e. The minimum atomic E-state index is -0.987. The molecular weight excluding hydrogens is 314 g/mol. The molecule has 1 aliphatic rings. The summed E-state index contributed by atoms with van der Waals surface area (Å²) < 4.78 is 5.05. The van der Waals surface area contributed by atoms with Crippen molar-refractivity contribution in [1.29, 1.82) is 0 Å². The van der Waals surface area contributed by atoms with Crippen molar-refractivity contribution in [3.8, 4) is 0 Å². The lowest BCUT2D eigenvalue weighted by atomic mass is 9.99. The van der Waals surface area contributed by atoms with Gasteiger partial charge in [-0.15, -0.1) is 0 Å². The number of hydrogen-bond acceptors (Lipinski definition) is 4. The van der Waals surface area contributed by atoms with E-state index in [1.807, 2.05) is 24.3 Å². The molecule has 0 spiro atoms. The topological polar surface area (TPSA) is 75.6 Å². The van der Waals surface area contributed by atoms with Gasteiger partial charge in [0.05, 0.1) is 5.56 Å². The zero-order chi connectivity index (χ0) is 16.4. The van der Waals surface area contributed by atoms with Crippen LogP contribution in [0.15, 0.2) is 54.3 Å². The Balaban J connectivity index is 2.02. The van der Waals surface area contributed by atoms with Gasteiger partial charge in [-0.2, -0.15) is 0 Å². The van der Waals surface area contributed by atoms with E-state index in [1.54, 1.807) is 24.3 Å². The molecule has 0 unspecified atom stereocenters. The van der Waals surface area contributed by atoms with Gasteiger partial charge >= 0.3 is 5.97 Å². The fraction of sp³-hybridized carbons (Fsp3) is 0. The molecule has 5 nitrogen and oxygen atoms in total. The number of amides is 1. The highest BCUT2D eigenvalue weighted by atomic mass is 32.1. The first-order chi connectivity index (χ1) is 11.1. The van der Waals surface area contributed by atoms with Gasteiger partial charge in [-0.25, -0.2) is 4.79 Å². The second kappa shape index (κ2) is 6.02. The summed E-state index contributed by atoms with van der Waals surface area (Å²) in [4.78, 5) is 22.9. The third-order valence-corrected chi connectivity index (χ3v) is 3.52. The van der Waals surface area contributed by atoms with Gasteiger partial charge < -0.3 is 9.84 Å². The number of fused-ring (bicyclic) bond motifs is 1. The summed E-state index contributed by atoms with van der Waals surface area (Å²) >= 11 is 4.74. The minimum Gasteiger partial charge on any atom is -0.478 e. The predicted molar refractivity (Wildman–Crippen MR) is 89.9 cm³/mol. The third kappa shape index (κ3) is 2.97. The molecule has 23 heavy (non-hydrogen) atoms. The number of allylic oxidation sites excluding steroid dienone is 2. The Labute approximate surface area is 136 Å². The first-order valence-electron chi connectivity index (χ1n) is 6.73. The molecule has 3 rings (SSSR count). The number of carbonyl (C=O) groups is 2. The molecule has 1 heterocycles. The second-order valence-electron chi connectivity index (χ2n) is 4.79. The summed E-state index contributed by atoms with van der Waals surface area (Å²) in [6.45, 7) is 0. The van der Waals surface area contributed by atoms with Gasteiger partial charge in [0.2, 0.25) is 0 Å². The summed E-state index contributed by atoms with van der Waals surface area (Å²) in [5.74, 6) is -1.28. The number of carboxylic acids is 1. The SMILES string of the molecule is O=C1NC(=S)OC1=CC=Cc1cccc2cccc(C(=O)O)c12. The van der Waals surface area contributed by atoms with Crippen molar-refractivity contribution in [2.24, 2.45) is 0 Å². The Morgan fingerprint density at radius 2 is 1.96 bits per heavy atom. The Morgan fingerprint density at radius 3 is 2.61 bits per heavy atom. The lowest BCUT2D eigenvalue weighted by Crippen LogP contribution is -2.18. The van der Waals surface area contributed by atoms with E-state index in [9.17, 15) is 14.7 Å². The molecule has 1 fully saturated rings. The highest BCUT2D eigenvalue weighted by Gasteiger charge is 2.22. The summed E-state index contributed by atoms with van der Waals surface area (Å²) in [5.41, 5.74) is 0.963.